The highest BCUT2D eigenvalue weighted by Gasteiger charge is 2.01. The Morgan fingerprint density at radius 1 is 0.486 bits per heavy atom. The Morgan fingerprint density at radius 3 is 1.34 bits per heavy atom. The van der Waals surface area contributed by atoms with Crippen LogP contribution in [-0.2, 0) is 9.59 Å². The first-order valence-electron chi connectivity index (χ1n) is 14.8. The summed E-state index contributed by atoms with van der Waals surface area (Å²) < 4.78 is 0. The van der Waals surface area contributed by atoms with Gasteiger partial charge in [0.05, 0.1) is 0 Å². The van der Waals surface area contributed by atoms with E-state index in [0.29, 0.717) is 12.2 Å². The largest absolute Gasteiger partial charge is 0.300 e. The van der Waals surface area contributed by atoms with E-state index >= 15 is 0 Å². The molecule has 0 rings (SSSR count). The summed E-state index contributed by atoms with van der Waals surface area (Å²) in [7, 11) is 0. The Morgan fingerprint density at radius 2 is 0.857 bits per heavy atom. The van der Waals surface area contributed by atoms with Crippen LogP contribution in [0.3, 0.4) is 0 Å². The lowest BCUT2D eigenvalue weighted by Gasteiger charge is -2.02. The SMILES string of the molecule is CCCC/C=C\CCCCCCCC(=O)CCCCC/C=C\C/C=C\CCCCCCCC(=O)Cl. The number of Topliss-reactive ketones (excluding diaryl/α,β-unsaturated/α-hetero) is 1. The highest BCUT2D eigenvalue weighted by molar-refractivity contribution is 6.63. The molecule has 0 bridgehead atoms. The molecule has 2 nitrogen and oxygen atoms in total. The first-order chi connectivity index (χ1) is 17.2. The van der Waals surface area contributed by atoms with Gasteiger partial charge in [0, 0.05) is 19.3 Å². The van der Waals surface area contributed by atoms with Crippen LogP contribution in [0.1, 0.15) is 155 Å². The van der Waals surface area contributed by atoms with Gasteiger partial charge in [0.25, 0.3) is 0 Å². The molecule has 0 atom stereocenters. The maximum absolute atomic E-state index is 12.0. The molecular formula is C32H55ClO2. The van der Waals surface area contributed by atoms with Crippen molar-refractivity contribution < 1.29 is 9.59 Å². The van der Waals surface area contributed by atoms with Gasteiger partial charge >= 0.3 is 0 Å². The zero-order valence-electron chi connectivity index (χ0n) is 22.9. The molecule has 0 spiro atoms. The van der Waals surface area contributed by atoms with E-state index in [1.165, 1.54) is 77.0 Å². The van der Waals surface area contributed by atoms with Gasteiger partial charge in [-0.05, 0) is 82.2 Å². The molecule has 35 heavy (non-hydrogen) atoms. The topological polar surface area (TPSA) is 34.1 Å². The van der Waals surface area contributed by atoms with Crippen molar-refractivity contribution in [2.24, 2.45) is 0 Å². The van der Waals surface area contributed by atoms with Crippen LogP contribution in [0.15, 0.2) is 36.5 Å². The Balaban J connectivity index is 3.32. The molecule has 0 aliphatic carbocycles. The second kappa shape index (κ2) is 29.1. The van der Waals surface area contributed by atoms with E-state index in [-0.39, 0.29) is 5.24 Å². The van der Waals surface area contributed by atoms with E-state index in [2.05, 4.69) is 43.4 Å². The van der Waals surface area contributed by atoms with Crippen LogP contribution >= 0.6 is 11.6 Å². The normalized spacial score (nSPS) is 11.9. The van der Waals surface area contributed by atoms with E-state index in [9.17, 15) is 9.59 Å². The van der Waals surface area contributed by atoms with E-state index in [1.54, 1.807) is 0 Å². The summed E-state index contributed by atoms with van der Waals surface area (Å²) in [5, 5.41) is -0.209. The molecule has 0 aromatic carbocycles. The van der Waals surface area contributed by atoms with Gasteiger partial charge in [0.1, 0.15) is 5.78 Å². The maximum Gasteiger partial charge on any atom is 0.221 e. The zero-order chi connectivity index (χ0) is 25.7. The molecule has 0 heterocycles. The Kier molecular flexibility index (Phi) is 28.1. The third-order valence-corrected chi connectivity index (χ3v) is 6.58. The van der Waals surface area contributed by atoms with Gasteiger partial charge in [-0.2, -0.15) is 0 Å². The predicted molar refractivity (Wildman–Crippen MR) is 155 cm³/mol. The Bertz CT molecular complexity index is 562. The van der Waals surface area contributed by atoms with Crippen molar-refractivity contribution in [3.05, 3.63) is 36.5 Å². The monoisotopic (exact) mass is 506 g/mol. The minimum atomic E-state index is -0.209. The van der Waals surface area contributed by atoms with Crippen molar-refractivity contribution in [2.45, 2.75) is 155 Å². The summed E-state index contributed by atoms with van der Waals surface area (Å²) in [4.78, 5) is 22.7. The van der Waals surface area contributed by atoms with E-state index < -0.39 is 0 Å². The fraction of sp³-hybridized carbons (Fsp3) is 0.750. The number of ketones is 1. The molecule has 0 amide bonds. The Labute approximate surface area is 223 Å². The number of hydrogen-bond acceptors (Lipinski definition) is 2. The quantitative estimate of drug-likeness (QED) is 0.0630. The minimum absolute atomic E-state index is 0.209. The fourth-order valence-corrected chi connectivity index (χ4v) is 4.26. The number of carbonyl (C=O) groups is 2. The first kappa shape index (κ1) is 33.8. The minimum Gasteiger partial charge on any atom is -0.300 e. The number of rotatable bonds is 27. The lowest BCUT2D eigenvalue weighted by Crippen LogP contribution is -1.97. The van der Waals surface area contributed by atoms with Crippen LogP contribution in [0, 0.1) is 0 Å². The Hall–Kier alpha value is -1.15. The molecule has 0 aliphatic rings. The van der Waals surface area contributed by atoms with Crippen molar-refractivity contribution in [3.63, 3.8) is 0 Å². The molecule has 0 aromatic heterocycles. The predicted octanol–water partition coefficient (Wildman–Crippen LogP) is 11.0. The van der Waals surface area contributed by atoms with Gasteiger partial charge in [-0.15, -0.1) is 0 Å². The highest BCUT2D eigenvalue weighted by atomic mass is 35.5. The van der Waals surface area contributed by atoms with Gasteiger partial charge in [-0.25, -0.2) is 0 Å². The molecule has 0 N–H and O–H groups in total. The van der Waals surface area contributed by atoms with Crippen molar-refractivity contribution in [1.29, 1.82) is 0 Å². The molecular weight excluding hydrogens is 452 g/mol. The van der Waals surface area contributed by atoms with E-state index in [0.717, 1.165) is 64.2 Å². The molecule has 0 unspecified atom stereocenters. The summed E-state index contributed by atoms with van der Waals surface area (Å²) in [5.41, 5.74) is 0. The third-order valence-electron chi connectivity index (χ3n) is 6.39. The molecule has 0 aliphatic heterocycles. The molecule has 0 saturated heterocycles. The van der Waals surface area contributed by atoms with Crippen molar-refractivity contribution in [2.75, 3.05) is 0 Å². The summed E-state index contributed by atoms with van der Waals surface area (Å²) in [6.07, 6.45) is 39.4. The number of hydrogen-bond donors (Lipinski definition) is 0. The lowest BCUT2D eigenvalue weighted by molar-refractivity contribution is -0.119. The second-order valence-electron chi connectivity index (χ2n) is 9.90. The molecule has 0 radical (unpaired) electrons. The number of halogens is 1. The van der Waals surface area contributed by atoms with Gasteiger partial charge < -0.3 is 0 Å². The van der Waals surface area contributed by atoms with Gasteiger partial charge in [0.15, 0.2) is 0 Å². The fourth-order valence-electron chi connectivity index (χ4n) is 4.12. The maximum atomic E-state index is 12.0. The molecule has 202 valence electrons. The standard InChI is InChI=1S/C32H55ClO2/c1-2-3-4-5-6-7-13-16-19-22-25-28-31(34)29-26-23-20-17-14-11-9-8-10-12-15-18-21-24-27-30-32(33)35/h5-6,8,10-11,14H,2-4,7,9,12-13,15-30H2,1H3/b6-5-,10-8-,14-11-. The van der Waals surface area contributed by atoms with Crippen LogP contribution in [0.4, 0.5) is 0 Å². The van der Waals surface area contributed by atoms with Crippen LogP contribution in [0.25, 0.3) is 0 Å². The average Bonchev–Trinajstić information content (AvgIpc) is 2.84. The van der Waals surface area contributed by atoms with Gasteiger partial charge in [-0.3, -0.25) is 9.59 Å². The number of allylic oxidation sites excluding steroid dienone is 6. The van der Waals surface area contributed by atoms with Gasteiger partial charge in [-0.1, -0.05) is 101 Å². The van der Waals surface area contributed by atoms with Gasteiger partial charge in [0.2, 0.25) is 5.24 Å². The van der Waals surface area contributed by atoms with Crippen LogP contribution in [-0.4, -0.2) is 11.0 Å². The molecule has 0 fully saturated rings. The average molecular weight is 507 g/mol. The van der Waals surface area contributed by atoms with Crippen molar-refractivity contribution in [1.82, 2.24) is 0 Å². The van der Waals surface area contributed by atoms with E-state index in [4.69, 9.17) is 11.6 Å². The zero-order valence-corrected chi connectivity index (χ0v) is 23.7. The summed E-state index contributed by atoms with van der Waals surface area (Å²) in [6, 6.07) is 0. The van der Waals surface area contributed by atoms with E-state index in [1.807, 2.05) is 0 Å². The van der Waals surface area contributed by atoms with Crippen LogP contribution in [0.2, 0.25) is 0 Å². The lowest BCUT2D eigenvalue weighted by atomic mass is 10.0. The van der Waals surface area contributed by atoms with Crippen LogP contribution < -0.4 is 0 Å². The molecule has 0 saturated carbocycles. The number of carbonyl (C=O) groups excluding carboxylic acids is 2. The van der Waals surface area contributed by atoms with Crippen molar-refractivity contribution >= 4 is 22.6 Å². The molecule has 3 heteroatoms. The number of unbranched alkanes of at least 4 members (excludes halogenated alkanes) is 15. The summed E-state index contributed by atoms with van der Waals surface area (Å²) >= 11 is 5.33. The smallest absolute Gasteiger partial charge is 0.221 e. The molecule has 0 aromatic rings. The first-order valence-corrected chi connectivity index (χ1v) is 15.2. The van der Waals surface area contributed by atoms with Crippen LogP contribution in [0.5, 0.6) is 0 Å². The highest BCUT2D eigenvalue weighted by Crippen LogP contribution is 2.12. The summed E-state index contributed by atoms with van der Waals surface area (Å²) in [5.74, 6) is 0.467. The second-order valence-corrected chi connectivity index (χ2v) is 10.3. The van der Waals surface area contributed by atoms with Crippen molar-refractivity contribution in [3.8, 4) is 0 Å². The summed E-state index contributed by atoms with van der Waals surface area (Å²) in [6.45, 7) is 2.24. The third kappa shape index (κ3) is 30.8.